The molecule has 2 saturated heterocycles. The normalized spacial score (nSPS) is 15.0. The number of ether oxygens (including phenoxy) is 8. The molecule has 4 aliphatic rings. The van der Waals surface area contributed by atoms with Gasteiger partial charge in [-0.15, -0.1) is 0 Å². The van der Waals surface area contributed by atoms with E-state index in [9.17, 15) is 9.59 Å². The van der Waals surface area contributed by atoms with E-state index in [2.05, 4.69) is 149 Å². The number of carbonyl (C=O) groups excluding carboxylic acids is 2. The van der Waals surface area contributed by atoms with Crippen molar-refractivity contribution < 1.29 is 47.5 Å². The van der Waals surface area contributed by atoms with E-state index in [1.807, 2.05) is 67.4 Å². The molecule has 7 heterocycles. The zero-order valence-electron chi connectivity index (χ0n) is 56.3. The van der Waals surface area contributed by atoms with Crippen LogP contribution in [-0.4, -0.2) is 133 Å². The molecule has 2 N–H and O–H groups in total. The first-order valence-corrected chi connectivity index (χ1v) is 38.7. The molecular weight excluding hydrogens is 1280 g/mol. The molecule has 8 bridgehead atoms. The molecule has 4 aromatic carbocycles. The molecule has 2 unspecified atom stereocenters. The van der Waals surface area contributed by atoms with Gasteiger partial charge in [0.15, 0.2) is 0 Å². The zero-order valence-corrected chi connectivity index (χ0v) is 59.5. The van der Waals surface area contributed by atoms with Crippen LogP contribution in [0, 0.1) is 41.5 Å². The number of rotatable bonds is 34. The van der Waals surface area contributed by atoms with Crippen molar-refractivity contribution in [2.75, 3.05) is 90.8 Å². The molecular formula is C78H90N4O10S4. The largest absolute Gasteiger partial charge is 0.491 e. The zero-order chi connectivity index (χ0) is 66.6. The van der Waals surface area contributed by atoms with Crippen LogP contribution in [0.5, 0.6) is 11.5 Å². The molecule has 2 fully saturated rings. The lowest BCUT2D eigenvalue weighted by Crippen LogP contribution is -2.14. The number of aryl methyl sites for hydroxylation is 6. The highest BCUT2D eigenvalue weighted by atomic mass is 33.1. The van der Waals surface area contributed by atoms with Crippen LogP contribution in [-0.2, 0) is 38.0 Å². The smallest absolute Gasteiger partial charge is 0.305 e. The lowest BCUT2D eigenvalue weighted by atomic mass is 9.92. The third kappa shape index (κ3) is 19.3. The Morgan fingerprint density at radius 1 is 0.406 bits per heavy atom. The maximum atomic E-state index is 12.2. The fraction of sp³-hybridized carbons (Fsp3) is 0.410. The Morgan fingerprint density at radius 3 is 1.09 bits per heavy atom. The van der Waals surface area contributed by atoms with Crippen molar-refractivity contribution in [3.8, 4) is 56.0 Å². The number of H-pyrrole nitrogens is 2. The number of aromatic amines is 2. The summed E-state index contributed by atoms with van der Waals surface area (Å²) >= 11 is 0. The lowest BCUT2D eigenvalue weighted by molar-refractivity contribution is -0.146. The first kappa shape index (κ1) is 70.6. The third-order valence-corrected chi connectivity index (χ3v) is 23.4. The summed E-state index contributed by atoms with van der Waals surface area (Å²) in [6.45, 7) is 17.3. The topological polar surface area (TPSA) is 165 Å². The Morgan fingerprint density at radius 2 is 0.740 bits per heavy atom. The average Bonchev–Trinajstić information content (AvgIpc) is 1.56. The molecule has 4 aliphatic heterocycles. The minimum Gasteiger partial charge on any atom is -0.491 e. The van der Waals surface area contributed by atoms with Gasteiger partial charge in [-0.05, 0) is 197 Å². The minimum atomic E-state index is -0.157. The van der Waals surface area contributed by atoms with Crippen LogP contribution in [0.4, 0.5) is 0 Å². The van der Waals surface area contributed by atoms with E-state index in [0.29, 0.717) is 78.9 Å². The molecule has 506 valence electrons. The maximum Gasteiger partial charge on any atom is 0.305 e. The quantitative estimate of drug-likeness (QED) is 0.0222. The third-order valence-electron chi connectivity index (χ3n) is 17.4. The summed E-state index contributed by atoms with van der Waals surface area (Å²) in [7, 11) is 7.88. The van der Waals surface area contributed by atoms with Gasteiger partial charge in [-0.3, -0.25) is 9.59 Å². The molecule has 0 amide bonds. The molecule has 7 aromatic rings. The van der Waals surface area contributed by atoms with Gasteiger partial charge in [0.25, 0.3) is 0 Å². The van der Waals surface area contributed by atoms with Gasteiger partial charge in [-0.2, -0.15) is 0 Å². The monoisotopic (exact) mass is 1370 g/mol. The second-order valence-corrected chi connectivity index (χ2v) is 30.4. The molecule has 18 heteroatoms. The van der Waals surface area contributed by atoms with Gasteiger partial charge in [0, 0.05) is 79.2 Å². The summed E-state index contributed by atoms with van der Waals surface area (Å²) in [5, 5.41) is 1.47. The lowest BCUT2D eigenvalue weighted by Gasteiger charge is -2.13. The van der Waals surface area contributed by atoms with Crippen LogP contribution < -0.4 is 9.47 Å². The standard InChI is InChI=1S/C78H90N4O10S4/c1-51-47-53(3)73(54(4)48-51)77-67-27-23-63(79-67)75(57-15-19-59(20-16-57)89-41-37-85-33-35-87-39-43-91-71(83)13-9-7-11-61-31-45-93-95-61)65-25-29-69(81-65)78(74-55(5)49-52(2)50-56(74)6)70-30-26-66(82-70)76(64-24-28-68(77)80-64)58-17-21-60(22-18-58)90-42-38-86-34-36-88-40-44-92-72(84)14-10-8-12-62-32-46-94-96-62/h15-30,47-50,61-62,79,82H,7-14,31-46H2,1-6H3. The number of nitrogens with zero attached hydrogens (tertiary/aromatic N) is 2. The van der Waals surface area contributed by atoms with Gasteiger partial charge in [-0.1, -0.05) is 116 Å². The van der Waals surface area contributed by atoms with Crippen molar-refractivity contribution in [1.82, 2.24) is 19.9 Å². The fourth-order valence-electron chi connectivity index (χ4n) is 13.0. The molecule has 3 aromatic heterocycles. The number of unbranched alkanes of at least 4 members (excludes halogenated alkanes) is 2. The van der Waals surface area contributed by atoms with E-state index in [4.69, 9.17) is 47.9 Å². The molecule has 96 heavy (non-hydrogen) atoms. The van der Waals surface area contributed by atoms with Crippen molar-refractivity contribution in [2.45, 2.75) is 116 Å². The summed E-state index contributed by atoms with van der Waals surface area (Å²) in [6.07, 6.45) is 18.2. The summed E-state index contributed by atoms with van der Waals surface area (Å²) in [6, 6.07) is 34.1. The Labute approximate surface area is 581 Å². The van der Waals surface area contributed by atoms with E-state index < -0.39 is 0 Å². The SMILES string of the molecule is Cc1cc(C)c(-c2c3nc(c(-c4ccc(OCCOCCOCCOC(=O)CCCCC5CCSS5)cc4)c4ccc([nH]4)c(-c4c(C)cc(C)cc4C)c4nc(c(-c5ccc(OCCOCCOCCOC(=O)CCCCC6CCSS6)cc5)c5ccc2[nH]5)C=C4)C=C3)c(C)c1. The van der Waals surface area contributed by atoms with E-state index >= 15 is 0 Å². The van der Waals surface area contributed by atoms with Crippen molar-refractivity contribution >= 4 is 101 Å². The highest BCUT2D eigenvalue weighted by Crippen LogP contribution is 2.44. The predicted octanol–water partition coefficient (Wildman–Crippen LogP) is 18.5. The van der Waals surface area contributed by atoms with Crippen LogP contribution in [0.25, 0.3) is 90.9 Å². The second kappa shape index (κ2) is 35.7. The molecule has 0 saturated carbocycles. The van der Waals surface area contributed by atoms with Gasteiger partial charge >= 0.3 is 11.9 Å². The van der Waals surface area contributed by atoms with Crippen LogP contribution in [0.3, 0.4) is 0 Å². The molecule has 0 spiro atoms. The minimum absolute atomic E-state index is 0.157. The van der Waals surface area contributed by atoms with Crippen LogP contribution in [0.1, 0.15) is 120 Å². The van der Waals surface area contributed by atoms with E-state index in [-0.39, 0.29) is 25.2 Å². The molecule has 14 nitrogen and oxygen atoms in total. The summed E-state index contributed by atoms with van der Waals surface area (Å²) < 4.78 is 46.2. The number of nitrogens with one attached hydrogen (secondary N) is 2. The number of hydrogen-bond donors (Lipinski definition) is 2. The van der Waals surface area contributed by atoms with E-state index in [1.54, 1.807) is 0 Å². The Balaban J connectivity index is 0.813. The van der Waals surface area contributed by atoms with Crippen LogP contribution in [0.2, 0.25) is 0 Å². The second-order valence-electron chi connectivity index (χ2n) is 24.8. The highest BCUT2D eigenvalue weighted by Gasteiger charge is 2.23. The summed E-state index contributed by atoms with van der Waals surface area (Å²) in [5.41, 5.74) is 22.0. The number of hydrogen-bond acceptors (Lipinski definition) is 16. The van der Waals surface area contributed by atoms with Crippen molar-refractivity contribution in [2.24, 2.45) is 0 Å². The van der Waals surface area contributed by atoms with Gasteiger partial charge in [0.05, 0.1) is 75.6 Å². The first-order valence-electron chi connectivity index (χ1n) is 33.9. The number of aromatic nitrogens is 4. The van der Waals surface area contributed by atoms with Crippen LogP contribution >= 0.6 is 43.2 Å². The van der Waals surface area contributed by atoms with Gasteiger partial charge in [0.2, 0.25) is 0 Å². The summed E-state index contributed by atoms with van der Waals surface area (Å²) in [5.74, 6) is 3.60. The number of fused-ring (bicyclic) bond motifs is 8. The molecule has 2 atom stereocenters. The molecule has 0 aliphatic carbocycles. The summed E-state index contributed by atoms with van der Waals surface area (Å²) in [4.78, 5) is 43.5. The Kier molecular flexibility index (Phi) is 26.2. The first-order chi connectivity index (χ1) is 46.9. The van der Waals surface area contributed by atoms with Gasteiger partial charge in [-0.25, -0.2) is 9.97 Å². The van der Waals surface area contributed by atoms with Crippen LogP contribution in [0.15, 0.2) is 97.1 Å². The van der Waals surface area contributed by atoms with Crippen molar-refractivity contribution in [3.63, 3.8) is 0 Å². The number of esters is 2. The van der Waals surface area contributed by atoms with Crippen molar-refractivity contribution in [3.05, 3.63) is 153 Å². The van der Waals surface area contributed by atoms with E-state index in [1.165, 1.54) is 48.3 Å². The van der Waals surface area contributed by atoms with E-state index in [0.717, 1.165) is 159 Å². The highest BCUT2D eigenvalue weighted by molar-refractivity contribution is 8.77. The number of carbonyl (C=O) groups is 2. The predicted molar refractivity (Wildman–Crippen MR) is 399 cm³/mol. The number of benzene rings is 4. The van der Waals surface area contributed by atoms with Gasteiger partial charge < -0.3 is 47.9 Å². The fourth-order valence-corrected chi connectivity index (χ4v) is 19.0. The maximum absolute atomic E-state index is 12.2. The Hall–Kier alpha value is -6.74. The van der Waals surface area contributed by atoms with Crippen molar-refractivity contribution in [1.29, 1.82) is 0 Å². The molecule has 11 rings (SSSR count). The molecule has 0 radical (unpaired) electrons. The average molecular weight is 1370 g/mol. The Bertz CT molecular complexity index is 3720. The van der Waals surface area contributed by atoms with Gasteiger partial charge in [0.1, 0.15) is 37.9 Å².